The second kappa shape index (κ2) is 8.14. The fourth-order valence-corrected chi connectivity index (χ4v) is 1.72. The van der Waals surface area contributed by atoms with E-state index in [-0.39, 0.29) is 19.1 Å². The first-order chi connectivity index (χ1) is 9.06. The van der Waals surface area contributed by atoms with Gasteiger partial charge in [0.05, 0.1) is 29.6 Å². The molecule has 0 saturated heterocycles. The lowest BCUT2D eigenvalue weighted by Crippen LogP contribution is -2.29. The maximum absolute atomic E-state index is 11.7. The number of ether oxygens (including phenoxy) is 1. The number of carbonyl (C=O) groups excluding carboxylic acids is 1. The fraction of sp³-hybridized carbons (Fsp3) is 0.667. The van der Waals surface area contributed by atoms with Crippen molar-refractivity contribution >= 4 is 17.5 Å². The molecule has 0 saturated carbocycles. The smallest absolute Gasteiger partial charge is 0.241 e. The van der Waals surface area contributed by atoms with Crippen LogP contribution in [-0.4, -0.2) is 47.2 Å². The van der Waals surface area contributed by atoms with Gasteiger partial charge < -0.3 is 15.2 Å². The highest BCUT2D eigenvalue weighted by Crippen LogP contribution is 2.18. The number of hydrogen-bond donors (Lipinski definition) is 2. The molecule has 0 aliphatic rings. The number of aryl methyl sites for hydroxylation is 1. The Bertz CT molecular complexity index is 421. The predicted molar refractivity (Wildman–Crippen MR) is 72.2 cm³/mol. The number of amides is 1. The van der Waals surface area contributed by atoms with E-state index in [9.17, 15) is 4.79 Å². The van der Waals surface area contributed by atoms with Crippen LogP contribution in [0, 0.1) is 13.8 Å². The summed E-state index contributed by atoms with van der Waals surface area (Å²) in [5, 5.41) is 16.1. The first kappa shape index (κ1) is 15.9. The van der Waals surface area contributed by atoms with E-state index in [2.05, 4.69) is 10.4 Å². The van der Waals surface area contributed by atoms with Crippen molar-refractivity contribution in [2.45, 2.75) is 26.8 Å². The van der Waals surface area contributed by atoms with E-state index in [1.807, 2.05) is 13.8 Å². The first-order valence-corrected chi connectivity index (χ1v) is 6.59. The molecule has 0 bridgehead atoms. The highest BCUT2D eigenvalue weighted by Gasteiger charge is 2.11. The number of rotatable bonds is 8. The molecule has 2 N–H and O–H groups in total. The van der Waals surface area contributed by atoms with Gasteiger partial charge >= 0.3 is 0 Å². The normalized spacial score (nSPS) is 10.7. The molecule has 6 nitrogen and oxygen atoms in total. The Balaban J connectivity index is 2.26. The summed E-state index contributed by atoms with van der Waals surface area (Å²) in [6.07, 6.45) is 0.712. The maximum Gasteiger partial charge on any atom is 0.241 e. The minimum absolute atomic E-state index is 0.0189. The lowest BCUT2D eigenvalue weighted by atomic mass is 10.4. The highest BCUT2D eigenvalue weighted by molar-refractivity contribution is 6.31. The van der Waals surface area contributed by atoms with Gasteiger partial charge in [-0.15, -0.1) is 0 Å². The number of aliphatic hydroxyl groups excluding tert-OH is 1. The predicted octanol–water partition coefficient (Wildman–Crippen LogP) is 0.669. The van der Waals surface area contributed by atoms with Gasteiger partial charge in [-0.3, -0.25) is 9.48 Å². The molecule has 1 heterocycles. The van der Waals surface area contributed by atoms with Gasteiger partial charge in [0, 0.05) is 13.2 Å². The average Bonchev–Trinajstić information content (AvgIpc) is 2.61. The van der Waals surface area contributed by atoms with Crippen molar-refractivity contribution in [2.75, 3.05) is 26.4 Å². The molecule has 1 rings (SSSR count). The van der Waals surface area contributed by atoms with Gasteiger partial charge in [0.2, 0.25) is 5.91 Å². The second-order valence-electron chi connectivity index (χ2n) is 4.18. The van der Waals surface area contributed by atoms with Gasteiger partial charge in [-0.25, -0.2) is 0 Å². The number of hydrogen-bond acceptors (Lipinski definition) is 4. The molecular formula is C12H20ClN3O3. The Morgan fingerprint density at radius 3 is 2.79 bits per heavy atom. The number of nitrogens with zero attached hydrogens (tertiary/aromatic N) is 2. The first-order valence-electron chi connectivity index (χ1n) is 6.21. The molecule has 1 aromatic rings. The summed E-state index contributed by atoms with van der Waals surface area (Å²) in [5.74, 6) is -0.107. The van der Waals surface area contributed by atoms with Crippen LogP contribution in [0.5, 0.6) is 0 Å². The summed E-state index contributed by atoms with van der Waals surface area (Å²) in [5.41, 5.74) is 1.52. The Morgan fingerprint density at radius 1 is 1.47 bits per heavy atom. The molecule has 7 heteroatoms. The van der Waals surface area contributed by atoms with Gasteiger partial charge in [-0.2, -0.15) is 5.10 Å². The summed E-state index contributed by atoms with van der Waals surface area (Å²) in [4.78, 5) is 11.7. The van der Waals surface area contributed by atoms with Crippen LogP contribution in [-0.2, 0) is 16.1 Å². The van der Waals surface area contributed by atoms with Crippen molar-refractivity contribution in [1.29, 1.82) is 0 Å². The van der Waals surface area contributed by atoms with Crippen LogP contribution < -0.4 is 5.32 Å². The minimum atomic E-state index is -0.107. The Kier molecular flexibility index (Phi) is 6.83. The molecule has 19 heavy (non-hydrogen) atoms. The SMILES string of the molecule is Cc1nn(CC(=O)NCCCOCCO)c(C)c1Cl. The quantitative estimate of drug-likeness (QED) is 0.690. The molecule has 0 aliphatic carbocycles. The summed E-state index contributed by atoms with van der Waals surface area (Å²) < 4.78 is 6.68. The van der Waals surface area contributed by atoms with Crippen molar-refractivity contribution in [3.05, 3.63) is 16.4 Å². The minimum Gasteiger partial charge on any atom is -0.394 e. The number of nitrogens with one attached hydrogen (secondary N) is 1. The van der Waals surface area contributed by atoms with Crippen LogP contribution in [0.15, 0.2) is 0 Å². The molecule has 0 spiro atoms. The van der Waals surface area contributed by atoms with Crippen molar-refractivity contribution < 1.29 is 14.6 Å². The van der Waals surface area contributed by atoms with Crippen LogP contribution in [0.1, 0.15) is 17.8 Å². The number of aromatic nitrogens is 2. The zero-order valence-corrected chi connectivity index (χ0v) is 12.0. The standard InChI is InChI=1S/C12H20ClN3O3/c1-9-12(13)10(2)16(15-9)8-11(18)14-4-3-6-19-7-5-17/h17H,3-8H2,1-2H3,(H,14,18). The summed E-state index contributed by atoms with van der Waals surface area (Å²) in [6, 6.07) is 0. The Morgan fingerprint density at radius 2 is 2.21 bits per heavy atom. The molecule has 0 aliphatic heterocycles. The number of aliphatic hydroxyl groups is 1. The summed E-state index contributed by atoms with van der Waals surface area (Å²) in [6.45, 7) is 5.21. The summed E-state index contributed by atoms with van der Waals surface area (Å²) >= 11 is 6.01. The van der Waals surface area contributed by atoms with E-state index < -0.39 is 0 Å². The molecule has 0 unspecified atom stereocenters. The third kappa shape index (κ3) is 5.18. The lowest BCUT2D eigenvalue weighted by molar-refractivity contribution is -0.121. The van der Waals surface area contributed by atoms with E-state index in [0.29, 0.717) is 31.2 Å². The van der Waals surface area contributed by atoms with Crippen LogP contribution in [0.25, 0.3) is 0 Å². The number of halogens is 1. The van der Waals surface area contributed by atoms with Crippen molar-refractivity contribution in [3.8, 4) is 0 Å². The molecule has 108 valence electrons. The monoisotopic (exact) mass is 289 g/mol. The van der Waals surface area contributed by atoms with E-state index in [0.717, 1.165) is 11.4 Å². The van der Waals surface area contributed by atoms with Crippen molar-refractivity contribution in [2.24, 2.45) is 0 Å². The Hall–Kier alpha value is -1.11. The van der Waals surface area contributed by atoms with Gasteiger partial charge in [0.15, 0.2) is 0 Å². The molecular weight excluding hydrogens is 270 g/mol. The molecule has 0 aromatic carbocycles. The van der Waals surface area contributed by atoms with Gasteiger partial charge in [0.25, 0.3) is 0 Å². The van der Waals surface area contributed by atoms with Crippen molar-refractivity contribution in [1.82, 2.24) is 15.1 Å². The topological polar surface area (TPSA) is 76.4 Å². The van der Waals surface area contributed by atoms with E-state index >= 15 is 0 Å². The van der Waals surface area contributed by atoms with E-state index in [1.165, 1.54) is 0 Å². The number of carbonyl (C=O) groups is 1. The molecule has 0 radical (unpaired) electrons. The third-order valence-electron chi connectivity index (χ3n) is 2.61. The van der Waals surface area contributed by atoms with Crippen LogP contribution in [0.2, 0.25) is 5.02 Å². The van der Waals surface area contributed by atoms with Gasteiger partial charge in [-0.1, -0.05) is 11.6 Å². The van der Waals surface area contributed by atoms with Crippen molar-refractivity contribution in [3.63, 3.8) is 0 Å². The van der Waals surface area contributed by atoms with Crippen LogP contribution in [0.4, 0.5) is 0 Å². The van der Waals surface area contributed by atoms with Gasteiger partial charge in [-0.05, 0) is 20.3 Å². The fourth-order valence-electron chi connectivity index (χ4n) is 1.59. The lowest BCUT2D eigenvalue weighted by Gasteiger charge is -2.07. The summed E-state index contributed by atoms with van der Waals surface area (Å²) in [7, 11) is 0. The second-order valence-corrected chi connectivity index (χ2v) is 4.56. The average molecular weight is 290 g/mol. The van der Waals surface area contributed by atoms with Crippen LogP contribution >= 0.6 is 11.6 Å². The van der Waals surface area contributed by atoms with E-state index in [4.69, 9.17) is 21.4 Å². The molecule has 1 aromatic heterocycles. The molecule has 0 fully saturated rings. The maximum atomic E-state index is 11.7. The van der Waals surface area contributed by atoms with Crippen LogP contribution in [0.3, 0.4) is 0 Å². The third-order valence-corrected chi connectivity index (χ3v) is 3.16. The zero-order valence-electron chi connectivity index (χ0n) is 11.3. The molecule has 0 atom stereocenters. The highest BCUT2D eigenvalue weighted by atomic mass is 35.5. The Labute approximate surface area is 117 Å². The van der Waals surface area contributed by atoms with E-state index in [1.54, 1.807) is 4.68 Å². The molecule has 1 amide bonds. The zero-order chi connectivity index (χ0) is 14.3. The largest absolute Gasteiger partial charge is 0.394 e. The van der Waals surface area contributed by atoms with Gasteiger partial charge in [0.1, 0.15) is 6.54 Å².